The zero-order valence-corrected chi connectivity index (χ0v) is 16.9. The third-order valence-electron chi connectivity index (χ3n) is 4.18. The number of benzene rings is 2. The molecule has 1 aliphatic rings. The first kappa shape index (κ1) is 18.6. The highest BCUT2D eigenvalue weighted by molar-refractivity contribution is 9.10. The number of carbonyl (C=O) groups is 1. The molecule has 1 aromatic heterocycles. The molecule has 1 aliphatic heterocycles. The van der Waals surface area contributed by atoms with Gasteiger partial charge in [-0.15, -0.1) is 5.10 Å². The maximum atomic E-state index is 12.5. The second kappa shape index (κ2) is 8.12. The normalized spacial score (nSPS) is 15.8. The Kier molecular flexibility index (Phi) is 5.40. The van der Waals surface area contributed by atoms with Gasteiger partial charge in [0.05, 0.1) is 12.3 Å². The second-order valence-electron chi connectivity index (χ2n) is 6.19. The fourth-order valence-corrected chi connectivity index (χ4v) is 3.37. The van der Waals surface area contributed by atoms with E-state index in [9.17, 15) is 4.79 Å². The topological polar surface area (TPSA) is 81.4 Å². The lowest BCUT2D eigenvalue weighted by molar-refractivity contribution is -0.125. The molecule has 0 radical (unpaired) electrons. The molecule has 1 atom stereocenters. The van der Waals surface area contributed by atoms with E-state index in [0.717, 1.165) is 21.3 Å². The van der Waals surface area contributed by atoms with Crippen molar-refractivity contribution in [2.24, 2.45) is 5.16 Å². The fraction of sp³-hybridized carbons (Fsp3) is 0.158. The Labute approximate surface area is 174 Å². The molecule has 4 rings (SSSR count). The van der Waals surface area contributed by atoms with Crippen LogP contribution < -0.4 is 5.32 Å². The van der Waals surface area contributed by atoms with Crippen LogP contribution in [-0.2, 0) is 16.2 Å². The minimum absolute atomic E-state index is 0.205. The number of nitrogens with one attached hydrogen (secondary N) is 1. The smallest absolute Gasteiger partial charge is 0.271 e. The van der Waals surface area contributed by atoms with Crippen LogP contribution >= 0.6 is 27.5 Å². The molecule has 3 aromatic rings. The molecule has 0 spiro atoms. The molecule has 0 fully saturated rings. The van der Waals surface area contributed by atoms with Crippen LogP contribution in [0.3, 0.4) is 0 Å². The van der Waals surface area contributed by atoms with Crippen molar-refractivity contribution >= 4 is 45.1 Å². The van der Waals surface area contributed by atoms with E-state index in [4.69, 9.17) is 16.4 Å². The number of hydrogen-bond acceptors (Lipinski definition) is 5. The minimum Gasteiger partial charge on any atom is -0.382 e. The molecule has 0 bridgehead atoms. The number of nitrogens with zero attached hydrogens (tertiary/aromatic N) is 4. The summed E-state index contributed by atoms with van der Waals surface area (Å²) in [5.41, 5.74) is 2.55. The van der Waals surface area contributed by atoms with Crippen molar-refractivity contribution in [3.05, 3.63) is 75.5 Å². The van der Waals surface area contributed by atoms with E-state index < -0.39 is 6.10 Å². The monoisotopic (exact) mass is 459 g/mol. The van der Waals surface area contributed by atoms with Crippen LogP contribution in [0.4, 0.5) is 5.95 Å². The third kappa shape index (κ3) is 4.23. The highest BCUT2D eigenvalue weighted by Gasteiger charge is 2.29. The summed E-state index contributed by atoms with van der Waals surface area (Å²) in [6, 6.07) is 15.2. The van der Waals surface area contributed by atoms with Crippen LogP contribution in [0.1, 0.15) is 17.5 Å². The van der Waals surface area contributed by atoms with Crippen LogP contribution in [0.5, 0.6) is 0 Å². The van der Waals surface area contributed by atoms with Gasteiger partial charge in [-0.3, -0.25) is 10.1 Å². The Balaban J connectivity index is 1.36. The van der Waals surface area contributed by atoms with Crippen LogP contribution in [0, 0.1) is 0 Å². The molecule has 0 aliphatic carbocycles. The number of oxime groups is 1. The van der Waals surface area contributed by atoms with Crippen molar-refractivity contribution in [1.82, 2.24) is 14.8 Å². The van der Waals surface area contributed by atoms with Gasteiger partial charge in [0.1, 0.15) is 6.33 Å². The Hall–Kier alpha value is -2.71. The van der Waals surface area contributed by atoms with E-state index in [1.807, 2.05) is 48.5 Å². The van der Waals surface area contributed by atoms with Crippen molar-refractivity contribution in [2.45, 2.75) is 19.1 Å². The molecule has 2 aromatic carbocycles. The lowest BCUT2D eigenvalue weighted by Gasteiger charge is -2.07. The Morgan fingerprint density at radius 1 is 1.29 bits per heavy atom. The second-order valence-corrected chi connectivity index (χ2v) is 7.52. The van der Waals surface area contributed by atoms with Gasteiger partial charge >= 0.3 is 0 Å². The van der Waals surface area contributed by atoms with E-state index in [1.54, 1.807) is 4.68 Å². The van der Waals surface area contributed by atoms with Crippen LogP contribution in [0.25, 0.3) is 0 Å². The zero-order chi connectivity index (χ0) is 19.5. The molecule has 9 heteroatoms. The van der Waals surface area contributed by atoms with Crippen molar-refractivity contribution < 1.29 is 9.63 Å². The zero-order valence-electron chi connectivity index (χ0n) is 14.5. The van der Waals surface area contributed by atoms with E-state index in [2.05, 4.69) is 36.5 Å². The number of anilines is 1. The third-order valence-corrected chi connectivity index (χ3v) is 5.04. The molecule has 0 saturated carbocycles. The molecule has 142 valence electrons. The number of hydrogen-bond donors (Lipinski definition) is 1. The predicted molar refractivity (Wildman–Crippen MR) is 109 cm³/mol. The Morgan fingerprint density at radius 2 is 2.14 bits per heavy atom. The van der Waals surface area contributed by atoms with Crippen molar-refractivity contribution in [2.75, 3.05) is 5.32 Å². The highest BCUT2D eigenvalue weighted by atomic mass is 79.9. The fourth-order valence-electron chi connectivity index (χ4n) is 2.78. The maximum absolute atomic E-state index is 12.5. The maximum Gasteiger partial charge on any atom is 0.271 e. The molecule has 7 nitrogen and oxygen atoms in total. The Morgan fingerprint density at radius 3 is 2.96 bits per heavy atom. The van der Waals surface area contributed by atoms with Crippen molar-refractivity contribution in [3.63, 3.8) is 0 Å². The molecular weight excluding hydrogens is 446 g/mol. The van der Waals surface area contributed by atoms with Gasteiger partial charge in [0, 0.05) is 21.5 Å². The average Bonchev–Trinajstić information content (AvgIpc) is 3.33. The van der Waals surface area contributed by atoms with Crippen LogP contribution in [-0.4, -0.2) is 32.5 Å². The van der Waals surface area contributed by atoms with E-state index in [0.29, 0.717) is 18.0 Å². The summed E-state index contributed by atoms with van der Waals surface area (Å²) in [6.07, 6.45) is 1.20. The number of aromatic nitrogens is 3. The molecule has 0 saturated heterocycles. The first-order valence-electron chi connectivity index (χ1n) is 8.51. The molecule has 1 unspecified atom stereocenters. The number of carbonyl (C=O) groups excluding carboxylic acids is 1. The quantitative estimate of drug-likeness (QED) is 0.627. The predicted octanol–water partition coefficient (Wildman–Crippen LogP) is 3.87. The highest BCUT2D eigenvalue weighted by Crippen LogP contribution is 2.21. The first-order chi connectivity index (χ1) is 13.6. The van der Waals surface area contributed by atoms with Crippen molar-refractivity contribution in [3.8, 4) is 0 Å². The van der Waals surface area contributed by atoms with E-state index in [-0.39, 0.29) is 11.9 Å². The standard InChI is InChI=1S/C19H15BrClN5O2/c20-14-6-3-5-12(8-14)16-9-17(28-25-16)18(27)23-19-22-11-26(24-19)10-13-4-1-2-7-15(13)21/h1-8,11,17H,9-10H2,(H,23,24,27). The number of amides is 1. The van der Waals surface area contributed by atoms with Gasteiger partial charge in [-0.05, 0) is 23.8 Å². The van der Waals surface area contributed by atoms with Gasteiger partial charge in [-0.25, -0.2) is 9.67 Å². The van der Waals surface area contributed by atoms with E-state index >= 15 is 0 Å². The van der Waals surface area contributed by atoms with Gasteiger partial charge in [0.2, 0.25) is 12.1 Å². The lowest BCUT2D eigenvalue weighted by Crippen LogP contribution is -2.28. The average molecular weight is 461 g/mol. The van der Waals surface area contributed by atoms with Gasteiger partial charge < -0.3 is 4.84 Å². The molecule has 1 N–H and O–H groups in total. The van der Waals surface area contributed by atoms with E-state index in [1.165, 1.54) is 6.33 Å². The summed E-state index contributed by atoms with van der Waals surface area (Å²) in [4.78, 5) is 21.9. The van der Waals surface area contributed by atoms with Crippen molar-refractivity contribution in [1.29, 1.82) is 0 Å². The molecule has 2 heterocycles. The van der Waals surface area contributed by atoms with Gasteiger partial charge in [0.25, 0.3) is 5.91 Å². The molecule has 28 heavy (non-hydrogen) atoms. The largest absolute Gasteiger partial charge is 0.382 e. The molecule has 1 amide bonds. The van der Waals surface area contributed by atoms with Gasteiger partial charge in [-0.1, -0.05) is 63.0 Å². The number of halogens is 2. The summed E-state index contributed by atoms with van der Waals surface area (Å²) in [5, 5.41) is 11.6. The summed E-state index contributed by atoms with van der Waals surface area (Å²) in [5.74, 6) is -0.138. The summed E-state index contributed by atoms with van der Waals surface area (Å²) in [7, 11) is 0. The lowest BCUT2D eigenvalue weighted by atomic mass is 10.0. The van der Waals surface area contributed by atoms with Crippen LogP contribution in [0.2, 0.25) is 5.02 Å². The SMILES string of the molecule is O=C(Nc1ncn(Cc2ccccc2Cl)n1)C1CC(c2cccc(Br)c2)=NO1. The first-order valence-corrected chi connectivity index (χ1v) is 9.68. The van der Waals surface area contributed by atoms with Gasteiger partial charge in [-0.2, -0.15) is 0 Å². The Bertz CT molecular complexity index is 1050. The molecular formula is C19H15BrClN5O2. The summed E-state index contributed by atoms with van der Waals surface area (Å²) < 4.78 is 2.55. The van der Waals surface area contributed by atoms with Crippen LogP contribution in [0.15, 0.2) is 64.5 Å². The van der Waals surface area contributed by atoms with Gasteiger partial charge in [0.15, 0.2) is 0 Å². The minimum atomic E-state index is -0.718. The number of rotatable bonds is 5. The summed E-state index contributed by atoms with van der Waals surface area (Å²) in [6.45, 7) is 0.457. The summed E-state index contributed by atoms with van der Waals surface area (Å²) >= 11 is 9.59.